The highest BCUT2D eigenvalue weighted by Crippen LogP contribution is 2.40. The lowest BCUT2D eigenvalue weighted by Crippen LogP contribution is -2.47. The molecule has 3 aromatic rings. The number of rotatable bonds is 5. The first-order chi connectivity index (χ1) is 14.2. The second-order valence-corrected chi connectivity index (χ2v) is 6.72. The van der Waals surface area contributed by atoms with Gasteiger partial charge in [-0.1, -0.05) is 60.7 Å². The Labute approximate surface area is 170 Å². The van der Waals surface area contributed by atoms with Crippen molar-refractivity contribution in [3.8, 4) is 0 Å². The van der Waals surface area contributed by atoms with E-state index in [4.69, 9.17) is 9.84 Å². The molecular formula is C24H23N3O2. The first kappa shape index (κ1) is 18.7. The lowest BCUT2D eigenvalue weighted by molar-refractivity contribution is -0.144. The molecule has 0 bridgehead atoms. The van der Waals surface area contributed by atoms with Crippen molar-refractivity contribution in [3.63, 3.8) is 0 Å². The fourth-order valence-electron chi connectivity index (χ4n) is 3.47. The summed E-state index contributed by atoms with van der Waals surface area (Å²) < 4.78 is 5.32. The maximum absolute atomic E-state index is 12.6. The maximum Gasteiger partial charge on any atom is 0.328 e. The van der Waals surface area contributed by atoms with Crippen LogP contribution in [0.3, 0.4) is 0 Å². The van der Waals surface area contributed by atoms with Gasteiger partial charge in [-0.2, -0.15) is 0 Å². The van der Waals surface area contributed by atoms with Gasteiger partial charge in [0.05, 0.1) is 23.7 Å². The molecular weight excluding hydrogens is 362 g/mol. The van der Waals surface area contributed by atoms with Crippen LogP contribution in [0.25, 0.3) is 0 Å². The number of amidine groups is 1. The number of hydrazone groups is 1. The van der Waals surface area contributed by atoms with E-state index in [1.54, 1.807) is 0 Å². The summed E-state index contributed by atoms with van der Waals surface area (Å²) in [6.07, 6.45) is 0. The Morgan fingerprint density at radius 3 is 2.14 bits per heavy atom. The van der Waals surface area contributed by atoms with Crippen LogP contribution in [-0.4, -0.2) is 24.5 Å². The molecule has 0 spiro atoms. The maximum atomic E-state index is 12.6. The fourth-order valence-corrected chi connectivity index (χ4v) is 3.47. The third-order valence-electron chi connectivity index (χ3n) is 4.84. The van der Waals surface area contributed by atoms with Gasteiger partial charge < -0.3 is 9.64 Å². The van der Waals surface area contributed by atoms with Crippen molar-refractivity contribution in [2.24, 2.45) is 5.10 Å². The summed E-state index contributed by atoms with van der Waals surface area (Å²) in [6.45, 7) is 4.01. The van der Waals surface area contributed by atoms with Crippen LogP contribution < -0.4 is 9.91 Å². The number of carbonyl (C=O) groups excluding carboxylic acids is 1. The van der Waals surface area contributed by atoms with Crippen molar-refractivity contribution in [2.75, 3.05) is 16.5 Å². The molecule has 1 heterocycles. The van der Waals surface area contributed by atoms with Gasteiger partial charge in [0.25, 0.3) is 0 Å². The number of ether oxygens (including phenoxy) is 1. The van der Waals surface area contributed by atoms with Crippen molar-refractivity contribution in [3.05, 3.63) is 90.5 Å². The SMILES string of the molecule is CCOC(=O)C(C)N1C(c2ccccc2)=NN(c2ccccc2)c2ccccc21. The van der Waals surface area contributed by atoms with E-state index in [0.717, 1.165) is 22.6 Å². The first-order valence-corrected chi connectivity index (χ1v) is 9.75. The van der Waals surface area contributed by atoms with E-state index < -0.39 is 6.04 Å². The van der Waals surface area contributed by atoms with E-state index in [1.807, 2.05) is 109 Å². The molecule has 29 heavy (non-hydrogen) atoms. The number of carbonyl (C=O) groups is 1. The van der Waals surface area contributed by atoms with Crippen LogP contribution in [0.2, 0.25) is 0 Å². The van der Waals surface area contributed by atoms with Crippen molar-refractivity contribution in [2.45, 2.75) is 19.9 Å². The Balaban J connectivity index is 1.90. The highest BCUT2D eigenvalue weighted by atomic mass is 16.5. The molecule has 4 rings (SSSR count). The largest absolute Gasteiger partial charge is 0.464 e. The molecule has 0 fully saturated rings. The summed E-state index contributed by atoms with van der Waals surface area (Å²) in [7, 11) is 0. The van der Waals surface area contributed by atoms with Crippen LogP contribution in [0, 0.1) is 0 Å². The highest BCUT2D eigenvalue weighted by Gasteiger charge is 2.34. The summed E-state index contributed by atoms with van der Waals surface area (Å²) in [5.74, 6) is 0.424. The van der Waals surface area contributed by atoms with Gasteiger partial charge in [0.1, 0.15) is 6.04 Å². The molecule has 0 saturated heterocycles. The standard InChI is InChI=1S/C24H23N3O2/c1-3-29-24(28)18(2)26-21-16-10-11-17-22(21)27(20-14-8-5-9-15-20)25-23(26)19-12-6-4-7-13-19/h4-18H,3H2,1-2H3. The van der Waals surface area contributed by atoms with Gasteiger partial charge >= 0.3 is 5.97 Å². The van der Waals surface area contributed by atoms with E-state index in [9.17, 15) is 4.79 Å². The summed E-state index contributed by atoms with van der Waals surface area (Å²) in [6, 6.07) is 27.4. The summed E-state index contributed by atoms with van der Waals surface area (Å²) in [5, 5.41) is 6.90. The van der Waals surface area contributed by atoms with Crippen LogP contribution in [0.15, 0.2) is 90.0 Å². The number of nitrogens with zero attached hydrogens (tertiary/aromatic N) is 3. The minimum absolute atomic E-state index is 0.279. The zero-order valence-electron chi connectivity index (χ0n) is 16.5. The second-order valence-electron chi connectivity index (χ2n) is 6.72. The summed E-state index contributed by atoms with van der Waals surface area (Å²) in [4.78, 5) is 14.6. The van der Waals surface area contributed by atoms with Crippen molar-refractivity contribution in [1.82, 2.24) is 0 Å². The molecule has 1 aliphatic heterocycles. The topological polar surface area (TPSA) is 45.1 Å². The van der Waals surface area contributed by atoms with Gasteiger partial charge in [-0.25, -0.2) is 9.80 Å². The van der Waals surface area contributed by atoms with E-state index in [-0.39, 0.29) is 5.97 Å². The van der Waals surface area contributed by atoms with Gasteiger partial charge in [0.15, 0.2) is 5.84 Å². The first-order valence-electron chi connectivity index (χ1n) is 9.75. The van der Waals surface area contributed by atoms with Crippen LogP contribution in [0.1, 0.15) is 19.4 Å². The van der Waals surface area contributed by atoms with Gasteiger partial charge in [-0.05, 0) is 38.1 Å². The van der Waals surface area contributed by atoms with Crippen molar-refractivity contribution < 1.29 is 9.53 Å². The Morgan fingerprint density at radius 2 is 1.48 bits per heavy atom. The van der Waals surface area contributed by atoms with E-state index in [0.29, 0.717) is 12.4 Å². The molecule has 0 amide bonds. The molecule has 1 unspecified atom stereocenters. The van der Waals surface area contributed by atoms with E-state index in [2.05, 4.69) is 0 Å². The number of anilines is 3. The molecule has 0 aromatic heterocycles. The molecule has 3 aromatic carbocycles. The van der Waals surface area contributed by atoms with Crippen LogP contribution in [-0.2, 0) is 9.53 Å². The lowest BCUT2D eigenvalue weighted by Gasteiger charge is -2.38. The van der Waals surface area contributed by atoms with E-state index in [1.165, 1.54) is 0 Å². The molecule has 0 saturated carbocycles. The van der Waals surface area contributed by atoms with E-state index >= 15 is 0 Å². The van der Waals surface area contributed by atoms with Crippen LogP contribution in [0.5, 0.6) is 0 Å². The van der Waals surface area contributed by atoms with Gasteiger partial charge in [-0.3, -0.25) is 0 Å². The van der Waals surface area contributed by atoms with Crippen LogP contribution in [0.4, 0.5) is 17.1 Å². The quantitative estimate of drug-likeness (QED) is 0.583. The lowest BCUT2D eigenvalue weighted by atomic mass is 10.1. The monoisotopic (exact) mass is 385 g/mol. The average Bonchev–Trinajstić information content (AvgIpc) is 2.79. The zero-order valence-corrected chi connectivity index (χ0v) is 16.5. The molecule has 1 atom stereocenters. The number of benzene rings is 3. The Kier molecular flexibility index (Phi) is 5.29. The number of hydrogen-bond acceptors (Lipinski definition) is 5. The molecule has 146 valence electrons. The molecule has 0 aliphatic carbocycles. The number of para-hydroxylation sites is 3. The van der Waals surface area contributed by atoms with Gasteiger partial charge in [0.2, 0.25) is 0 Å². The van der Waals surface area contributed by atoms with Gasteiger partial charge in [0, 0.05) is 5.56 Å². The fraction of sp³-hybridized carbons (Fsp3) is 0.167. The average molecular weight is 385 g/mol. The van der Waals surface area contributed by atoms with Crippen molar-refractivity contribution >= 4 is 28.9 Å². The predicted molar refractivity (Wildman–Crippen MR) is 117 cm³/mol. The second kappa shape index (κ2) is 8.19. The third-order valence-corrected chi connectivity index (χ3v) is 4.84. The smallest absolute Gasteiger partial charge is 0.328 e. The highest BCUT2D eigenvalue weighted by molar-refractivity contribution is 6.16. The molecule has 1 aliphatic rings. The normalized spacial score (nSPS) is 14.1. The number of fused-ring (bicyclic) bond motifs is 1. The zero-order chi connectivity index (χ0) is 20.2. The molecule has 5 heteroatoms. The Bertz CT molecular complexity index is 1020. The van der Waals surface area contributed by atoms with Crippen molar-refractivity contribution in [1.29, 1.82) is 0 Å². The number of esters is 1. The third kappa shape index (κ3) is 3.59. The Morgan fingerprint density at radius 1 is 0.897 bits per heavy atom. The molecule has 5 nitrogen and oxygen atoms in total. The summed E-state index contributed by atoms with van der Waals surface area (Å²) in [5.41, 5.74) is 3.70. The summed E-state index contributed by atoms with van der Waals surface area (Å²) >= 11 is 0. The molecule has 0 radical (unpaired) electrons. The minimum atomic E-state index is -0.520. The number of hydrogen-bond donors (Lipinski definition) is 0. The Hall–Kier alpha value is -3.60. The predicted octanol–water partition coefficient (Wildman–Crippen LogP) is 4.96. The van der Waals surface area contributed by atoms with Crippen LogP contribution >= 0.6 is 0 Å². The minimum Gasteiger partial charge on any atom is -0.464 e. The molecule has 0 N–H and O–H groups in total. The van der Waals surface area contributed by atoms with Gasteiger partial charge in [-0.15, -0.1) is 5.10 Å².